The van der Waals surface area contributed by atoms with Gasteiger partial charge in [0, 0.05) is 19.0 Å². The van der Waals surface area contributed by atoms with E-state index in [9.17, 15) is 13.2 Å². The first-order valence-corrected chi connectivity index (χ1v) is 11.6. The van der Waals surface area contributed by atoms with Crippen molar-refractivity contribution in [1.82, 2.24) is 10.2 Å². The molecule has 1 unspecified atom stereocenters. The molecule has 0 bridgehead atoms. The Morgan fingerprint density at radius 3 is 2.26 bits per heavy atom. The van der Waals surface area contributed by atoms with E-state index in [1.165, 1.54) is 19.3 Å². The van der Waals surface area contributed by atoms with Gasteiger partial charge in [0.1, 0.15) is 0 Å². The van der Waals surface area contributed by atoms with Crippen LogP contribution in [0, 0.1) is 0 Å². The number of sulfone groups is 1. The van der Waals surface area contributed by atoms with E-state index in [1.807, 2.05) is 12.1 Å². The highest BCUT2D eigenvalue weighted by atomic mass is 32.2. The van der Waals surface area contributed by atoms with Crippen LogP contribution in [0.2, 0.25) is 0 Å². The molecule has 6 heteroatoms. The smallest absolute Gasteiger partial charge is 0.221 e. The third kappa shape index (κ3) is 6.61. The summed E-state index contributed by atoms with van der Waals surface area (Å²) in [7, 11) is -3.45. The molecule has 1 heterocycles. The molecule has 0 saturated carbocycles. The molecular weight excluding hydrogens is 360 g/mol. The number of hydrogen-bond donors (Lipinski definition) is 1. The number of benzene rings is 1. The van der Waals surface area contributed by atoms with Crippen LogP contribution < -0.4 is 5.32 Å². The fourth-order valence-corrected chi connectivity index (χ4v) is 4.59. The molecule has 1 aliphatic rings. The van der Waals surface area contributed by atoms with E-state index in [0.29, 0.717) is 6.54 Å². The molecule has 152 valence electrons. The summed E-state index contributed by atoms with van der Waals surface area (Å²) >= 11 is 0. The first kappa shape index (κ1) is 21.9. The first-order valence-electron chi connectivity index (χ1n) is 9.93. The predicted octanol–water partition coefficient (Wildman–Crippen LogP) is 3.14. The van der Waals surface area contributed by atoms with Crippen LogP contribution in [0.25, 0.3) is 0 Å². The Hall–Kier alpha value is -1.40. The fourth-order valence-electron chi connectivity index (χ4n) is 3.35. The predicted molar refractivity (Wildman–Crippen MR) is 110 cm³/mol. The molecule has 27 heavy (non-hydrogen) atoms. The molecule has 1 aromatic rings. The van der Waals surface area contributed by atoms with Crippen molar-refractivity contribution in [3.05, 3.63) is 29.8 Å². The lowest BCUT2D eigenvalue weighted by Crippen LogP contribution is -2.44. The average molecular weight is 395 g/mol. The van der Waals surface area contributed by atoms with Gasteiger partial charge in [0.25, 0.3) is 0 Å². The molecule has 0 spiro atoms. The highest BCUT2D eigenvalue weighted by molar-refractivity contribution is 7.91. The van der Waals surface area contributed by atoms with Crippen molar-refractivity contribution in [3.8, 4) is 0 Å². The number of nitrogens with zero attached hydrogens (tertiary/aromatic N) is 1. The number of hydrogen-bond acceptors (Lipinski definition) is 4. The van der Waals surface area contributed by atoms with E-state index in [4.69, 9.17) is 0 Å². The van der Waals surface area contributed by atoms with Crippen molar-refractivity contribution < 1.29 is 13.2 Å². The molecule has 0 aromatic heterocycles. The van der Waals surface area contributed by atoms with Crippen LogP contribution in [0.5, 0.6) is 0 Å². The Morgan fingerprint density at radius 2 is 1.70 bits per heavy atom. The molecule has 5 nitrogen and oxygen atoms in total. The maximum Gasteiger partial charge on any atom is 0.221 e. The third-order valence-electron chi connectivity index (χ3n) is 5.29. The van der Waals surface area contributed by atoms with Gasteiger partial charge in [-0.3, -0.25) is 9.69 Å². The largest absolute Gasteiger partial charge is 0.355 e. The lowest BCUT2D eigenvalue weighted by Gasteiger charge is -2.32. The second kappa shape index (κ2) is 9.20. The molecule has 1 saturated heterocycles. The lowest BCUT2D eigenvalue weighted by molar-refractivity contribution is -0.120. The molecule has 1 N–H and O–H groups in total. The molecule has 1 aliphatic heterocycles. The number of rotatable bonds is 7. The molecule has 0 aliphatic carbocycles. The molecule has 2 rings (SSSR count). The van der Waals surface area contributed by atoms with Crippen LogP contribution in [0.3, 0.4) is 0 Å². The first-order chi connectivity index (χ1) is 12.6. The number of likely N-dealkylation sites (tertiary alicyclic amines) is 1. The second-order valence-corrected chi connectivity index (χ2v) is 10.7. The van der Waals surface area contributed by atoms with Crippen molar-refractivity contribution >= 4 is 15.7 Å². The van der Waals surface area contributed by atoms with Crippen LogP contribution in [0.1, 0.15) is 58.9 Å². The van der Waals surface area contributed by atoms with Crippen LogP contribution in [-0.2, 0) is 20.0 Å². The van der Waals surface area contributed by atoms with Crippen LogP contribution >= 0.6 is 0 Å². The van der Waals surface area contributed by atoms with Crippen molar-refractivity contribution in [3.63, 3.8) is 0 Å². The minimum absolute atomic E-state index is 0.00389. The summed E-state index contributed by atoms with van der Waals surface area (Å²) in [4.78, 5) is 14.8. The van der Waals surface area contributed by atoms with Crippen molar-refractivity contribution in [2.45, 2.75) is 69.7 Å². The van der Waals surface area contributed by atoms with Gasteiger partial charge in [0.2, 0.25) is 5.91 Å². The summed E-state index contributed by atoms with van der Waals surface area (Å²) in [5.41, 5.74) is 1.07. The molecule has 1 fully saturated rings. The van der Waals surface area contributed by atoms with E-state index < -0.39 is 9.84 Å². The topological polar surface area (TPSA) is 66.5 Å². The summed E-state index contributed by atoms with van der Waals surface area (Å²) < 4.78 is 25.0. The van der Waals surface area contributed by atoms with E-state index >= 15 is 0 Å². The van der Waals surface area contributed by atoms with Crippen molar-refractivity contribution in [2.75, 3.05) is 25.4 Å². The maximum atomic E-state index is 12.5. The Labute approximate surface area is 164 Å². The zero-order valence-corrected chi connectivity index (χ0v) is 17.9. The van der Waals surface area contributed by atoms with Crippen LogP contribution in [-0.4, -0.2) is 50.7 Å². The van der Waals surface area contributed by atoms with E-state index in [1.54, 1.807) is 12.1 Å². The van der Waals surface area contributed by atoms with Crippen molar-refractivity contribution in [1.29, 1.82) is 0 Å². The zero-order chi connectivity index (χ0) is 20.1. The SMILES string of the molecule is CC(CNC(=O)CCS(=O)(=O)c1ccc(C(C)(C)C)cc1)N1CCCCC1. The Balaban J connectivity index is 1.82. The van der Waals surface area contributed by atoms with Gasteiger partial charge in [-0.05, 0) is 56.0 Å². The number of amides is 1. The van der Waals surface area contributed by atoms with Crippen molar-refractivity contribution in [2.24, 2.45) is 0 Å². The van der Waals surface area contributed by atoms with Gasteiger partial charge in [-0.25, -0.2) is 8.42 Å². The minimum Gasteiger partial charge on any atom is -0.355 e. The standard InChI is InChI=1S/C21H34N2O3S/c1-17(23-13-6-5-7-14-23)16-22-20(24)12-15-27(25,26)19-10-8-18(9-11-19)21(2,3)4/h8-11,17H,5-7,12-16H2,1-4H3,(H,22,24). The fraction of sp³-hybridized carbons (Fsp3) is 0.667. The van der Waals surface area contributed by atoms with Gasteiger partial charge < -0.3 is 5.32 Å². The number of nitrogens with one attached hydrogen (secondary N) is 1. The highest BCUT2D eigenvalue weighted by Gasteiger charge is 2.20. The van der Waals surface area contributed by atoms with Gasteiger partial charge >= 0.3 is 0 Å². The Morgan fingerprint density at radius 1 is 1.11 bits per heavy atom. The molecule has 1 aromatic carbocycles. The highest BCUT2D eigenvalue weighted by Crippen LogP contribution is 2.24. The zero-order valence-electron chi connectivity index (χ0n) is 17.1. The average Bonchev–Trinajstić information content (AvgIpc) is 2.64. The Kier molecular flexibility index (Phi) is 7.46. The second-order valence-electron chi connectivity index (χ2n) is 8.59. The van der Waals surface area contributed by atoms with Crippen LogP contribution in [0.4, 0.5) is 0 Å². The normalized spacial score (nSPS) is 17.5. The lowest BCUT2D eigenvalue weighted by atomic mass is 9.87. The van der Waals surface area contributed by atoms with E-state index in [2.05, 4.69) is 37.9 Å². The summed E-state index contributed by atoms with van der Waals surface area (Å²) in [5, 5.41) is 2.89. The summed E-state index contributed by atoms with van der Waals surface area (Å²) in [6.07, 6.45) is 3.70. The third-order valence-corrected chi connectivity index (χ3v) is 7.02. The maximum absolute atomic E-state index is 12.5. The number of piperidine rings is 1. The Bertz CT molecular complexity index is 715. The molecular formula is C21H34N2O3S. The number of carbonyl (C=O) groups is 1. The molecule has 1 amide bonds. The number of carbonyl (C=O) groups excluding carboxylic acids is 1. The quantitative estimate of drug-likeness (QED) is 0.771. The summed E-state index contributed by atoms with van der Waals surface area (Å²) in [5.74, 6) is -0.361. The van der Waals surface area contributed by atoms with Gasteiger partial charge in [0.05, 0.1) is 10.6 Å². The summed E-state index contributed by atoms with van der Waals surface area (Å²) in [6.45, 7) is 11.1. The summed E-state index contributed by atoms with van der Waals surface area (Å²) in [6, 6.07) is 7.29. The van der Waals surface area contributed by atoms with E-state index in [0.717, 1.165) is 18.7 Å². The monoisotopic (exact) mass is 394 g/mol. The van der Waals surface area contributed by atoms with E-state index in [-0.39, 0.29) is 34.4 Å². The van der Waals surface area contributed by atoms with Crippen LogP contribution in [0.15, 0.2) is 29.2 Å². The van der Waals surface area contributed by atoms with Gasteiger partial charge in [-0.1, -0.05) is 39.3 Å². The molecule has 0 radical (unpaired) electrons. The van der Waals surface area contributed by atoms with Gasteiger partial charge in [-0.2, -0.15) is 0 Å². The minimum atomic E-state index is -3.45. The molecule has 1 atom stereocenters. The van der Waals surface area contributed by atoms with Gasteiger partial charge in [0.15, 0.2) is 9.84 Å². The van der Waals surface area contributed by atoms with Gasteiger partial charge in [-0.15, -0.1) is 0 Å².